The highest BCUT2D eigenvalue weighted by Crippen LogP contribution is 2.33. The first-order chi connectivity index (χ1) is 12.0. The van der Waals surface area contributed by atoms with Crippen molar-refractivity contribution < 1.29 is 4.79 Å². The molecule has 4 nitrogen and oxygen atoms in total. The number of halogens is 2. The third kappa shape index (κ3) is 6.13. The Bertz CT molecular complexity index is 689. The maximum absolute atomic E-state index is 12.3. The molecule has 0 fully saturated rings. The van der Waals surface area contributed by atoms with Crippen LogP contribution in [0.1, 0.15) is 45.1 Å². The van der Waals surface area contributed by atoms with E-state index in [0.717, 1.165) is 35.6 Å². The van der Waals surface area contributed by atoms with E-state index in [4.69, 9.17) is 23.2 Å². The minimum atomic E-state index is 0.0257. The molecule has 136 valence electrons. The molecule has 1 unspecified atom stereocenters. The van der Waals surface area contributed by atoms with Crippen LogP contribution in [-0.4, -0.2) is 16.1 Å². The molecule has 2 rings (SSSR count). The molecular formula is C17H21Cl2N3OS2. The molecule has 1 heterocycles. The summed E-state index contributed by atoms with van der Waals surface area (Å²) >= 11 is 15.2. The quantitative estimate of drug-likeness (QED) is 0.384. The van der Waals surface area contributed by atoms with Crippen LogP contribution < -0.4 is 5.32 Å². The number of hydrogen-bond donors (Lipinski definition) is 1. The molecule has 1 aromatic heterocycles. The lowest BCUT2D eigenvalue weighted by Crippen LogP contribution is -2.22. The van der Waals surface area contributed by atoms with Crippen LogP contribution in [-0.2, 0) is 10.5 Å². The van der Waals surface area contributed by atoms with E-state index in [1.54, 1.807) is 0 Å². The average Bonchev–Trinajstić information content (AvgIpc) is 3.02. The van der Waals surface area contributed by atoms with E-state index in [1.807, 2.05) is 25.1 Å². The van der Waals surface area contributed by atoms with Gasteiger partial charge in [0.15, 0.2) is 4.34 Å². The molecule has 1 atom stereocenters. The van der Waals surface area contributed by atoms with Crippen molar-refractivity contribution in [2.45, 2.75) is 49.6 Å². The first-order valence-electron chi connectivity index (χ1n) is 8.25. The van der Waals surface area contributed by atoms with E-state index in [2.05, 4.69) is 22.4 Å². The van der Waals surface area contributed by atoms with Gasteiger partial charge in [-0.2, -0.15) is 0 Å². The first-order valence-corrected chi connectivity index (χ1v) is 10.8. The molecule has 0 aliphatic heterocycles. The van der Waals surface area contributed by atoms with Crippen molar-refractivity contribution in [1.82, 2.24) is 10.2 Å². The number of aromatic nitrogens is 2. The van der Waals surface area contributed by atoms with Crippen LogP contribution in [0.25, 0.3) is 0 Å². The highest BCUT2D eigenvalue weighted by Gasteiger charge is 2.18. The van der Waals surface area contributed by atoms with Gasteiger partial charge in [-0.25, -0.2) is 0 Å². The zero-order chi connectivity index (χ0) is 18.2. The number of rotatable bonds is 9. The maximum atomic E-state index is 12.3. The van der Waals surface area contributed by atoms with E-state index >= 15 is 0 Å². The smallest absolute Gasteiger partial charge is 0.229 e. The third-order valence-corrected chi connectivity index (χ3v) is 6.51. The molecule has 1 aromatic carbocycles. The second-order valence-electron chi connectivity index (χ2n) is 5.60. The fourth-order valence-electron chi connectivity index (χ4n) is 2.30. The number of carbonyl (C=O) groups is 1. The summed E-state index contributed by atoms with van der Waals surface area (Å²) in [6, 6.07) is 5.45. The molecule has 1 amide bonds. The van der Waals surface area contributed by atoms with Gasteiger partial charge in [-0.1, -0.05) is 79.1 Å². The maximum Gasteiger partial charge on any atom is 0.229 e. The highest BCUT2D eigenvalue weighted by molar-refractivity contribution is 8.00. The summed E-state index contributed by atoms with van der Waals surface area (Å²) in [6.07, 6.45) is 3.89. The second kappa shape index (κ2) is 10.4. The van der Waals surface area contributed by atoms with Gasteiger partial charge in [0.1, 0.15) is 0 Å². The molecule has 2 aromatic rings. The number of benzene rings is 1. The molecule has 0 saturated carbocycles. The average molecular weight is 418 g/mol. The topological polar surface area (TPSA) is 54.9 Å². The van der Waals surface area contributed by atoms with Gasteiger partial charge in [-0.05, 0) is 30.5 Å². The van der Waals surface area contributed by atoms with Crippen LogP contribution in [0.15, 0.2) is 22.5 Å². The monoisotopic (exact) mass is 417 g/mol. The van der Waals surface area contributed by atoms with Crippen molar-refractivity contribution in [1.29, 1.82) is 0 Å². The second-order valence-corrected chi connectivity index (χ2v) is 8.61. The minimum absolute atomic E-state index is 0.0257. The Morgan fingerprint density at radius 2 is 2.00 bits per heavy atom. The molecule has 25 heavy (non-hydrogen) atoms. The van der Waals surface area contributed by atoms with E-state index in [9.17, 15) is 4.79 Å². The lowest BCUT2D eigenvalue weighted by atomic mass is 9.99. The summed E-state index contributed by atoms with van der Waals surface area (Å²) in [7, 11) is 0. The van der Waals surface area contributed by atoms with Crippen molar-refractivity contribution >= 4 is 57.3 Å². The summed E-state index contributed by atoms with van der Waals surface area (Å²) in [5.41, 5.74) is 0.877. The highest BCUT2D eigenvalue weighted by atomic mass is 35.5. The van der Waals surface area contributed by atoms with Crippen molar-refractivity contribution in [2.75, 3.05) is 5.32 Å². The Kier molecular flexibility index (Phi) is 8.49. The summed E-state index contributed by atoms with van der Waals surface area (Å²) in [5, 5.41) is 12.9. The zero-order valence-electron chi connectivity index (χ0n) is 14.2. The zero-order valence-corrected chi connectivity index (χ0v) is 17.4. The first kappa shape index (κ1) is 20.5. The molecule has 0 aliphatic carbocycles. The van der Waals surface area contributed by atoms with Crippen LogP contribution in [0.4, 0.5) is 5.13 Å². The van der Waals surface area contributed by atoms with Crippen molar-refractivity contribution in [3.63, 3.8) is 0 Å². The van der Waals surface area contributed by atoms with Crippen LogP contribution in [0.2, 0.25) is 10.0 Å². The number of nitrogens with zero attached hydrogens (tertiary/aromatic N) is 2. The fourth-order valence-corrected chi connectivity index (χ4v) is 4.80. The minimum Gasteiger partial charge on any atom is -0.300 e. The Balaban J connectivity index is 1.92. The normalized spacial score (nSPS) is 12.2. The van der Waals surface area contributed by atoms with Gasteiger partial charge in [0.25, 0.3) is 0 Å². The van der Waals surface area contributed by atoms with Gasteiger partial charge >= 0.3 is 0 Å². The Hall–Kier alpha value is -0.820. The lowest BCUT2D eigenvalue weighted by molar-refractivity contribution is -0.120. The van der Waals surface area contributed by atoms with Crippen LogP contribution in [0.5, 0.6) is 0 Å². The third-order valence-electron chi connectivity index (χ3n) is 3.81. The summed E-state index contributed by atoms with van der Waals surface area (Å²) in [6.45, 7) is 4.17. The standard InChI is InChI=1S/C17H21Cl2N3OS2/c1-3-5-7-11(4-2)15(23)20-16-21-22-17(25-16)24-10-12-13(18)8-6-9-14(12)19/h6,8-9,11H,3-5,7,10H2,1-2H3,(H,20,21,23). The largest absolute Gasteiger partial charge is 0.300 e. The van der Waals surface area contributed by atoms with Gasteiger partial charge in [0.05, 0.1) is 0 Å². The van der Waals surface area contributed by atoms with E-state index in [0.29, 0.717) is 20.9 Å². The van der Waals surface area contributed by atoms with Gasteiger partial charge in [0.2, 0.25) is 11.0 Å². The molecule has 0 spiro atoms. The number of carbonyl (C=O) groups excluding carboxylic acids is 1. The van der Waals surface area contributed by atoms with Gasteiger partial charge in [-0.3, -0.25) is 4.79 Å². The van der Waals surface area contributed by atoms with Crippen molar-refractivity contribution in [3.05, 3.63) is 33.8 Å². The lowest BCUT2D eigenvalue weighted by Gasteiger charge is -2.12. The number of nitrogens with one attached hydrogen (secondary N) is 1. The number of hydrogen-bond acceptors (Lipinski definition) is 5. The fraction of sp³-hybridized carbons (Fsp3) is 0.471. The SMILES string of the molecule is CCCCC(CC)C(=O)Nc1nnc(SCc2c(Cl)cccc2Cl)s1. The molecule has 1 N–H and O–H groups in total. The van der Waals surface area contributed by atoms with Gasteiger partial charge in [0, 0.05) is 21.7 Å². The predicted molar refractivity (Wildman–Crippen MR) is 108 cm³/mol. The molecular weight excluding hydrogens is 397 g/mol. The number of unbranched alkanes of at least 4 members (excludes halogenated alkanes) is 1. The summed E-state index contributed by atoms with van der Waals surface area (Å²) in [4.78, 5) is 12.3. The van der Waals surface area contributed by atoms with Gasteiger partial charge < -0.3 is 5.32 Å². The van der Waals surface area contributed by atoms with Crippen molar-refractivity contribution in [3.8, 4) is 0 Å². The van der Waals surface area contributed by atoms with E-state index in [-0.39, 0.29) is 11.8 Å². The molecule has 0 bridgehead atoms. The Morgan fingerprint density at radius 1 is 1.28 bits per heavy atom. The predicted octanol–water partition coefficient (Wildman–Crippen LogP) is 6.29. The summed E-state index contributed by atoms with van der Waals surface area (Å²) in [5.74, 6) is 0.662. The van der Waals surface area contributed by atoms with Crippen LogP contribution >= 0.6 is 46.3 Å². The van der Waals surface area contributed by atoms with E-state index in [1.165, 1.54) is 23.1 Å². The van der Waals surface area contributed by atoms with Crippen molar-refractivity contribution in [2.24, 2.45) is 5.92 Å². The molecule has 0 radical (unpaired) electrons. The number of anilines is 1. The molecule has 8 heteroatoms. The van der Waals surface area contributed by atoms with Crippen LogP contribution in [0, 0.1) is 5.92 Å². The Morgan fingerprint density at radius 3 is 2.64 bits per heavy atom. The molecule has 0 aliphatic rings. The molecule has 0 saturated heterocycles. The Labute approximate surface area is 166 Å². The van der Waals surface area contributed by atoms with Crippen LogP contribution in [0.3, 0.4) is 0 Å². The summed E-state index contributed by atoms with van der Waals surface area (Å²) < 4.78 is 0.771. The number of thioether (sulfide) groups is 1. The van der Waals surface area contributed by atoms with Gasteiger partial charge in [-0.15, -0.1) is 10.2 Å². The number of amides is 1. The van der Waals surface area contributed by atoms with E-state index < -0.39 is 0 Å².